The van der Waals surface area contributed by atoms with Gasteiger partial charge in [0.05, 0.1) is 23.1 Å². The largest absolute Gasteiger partial charge is 0.451 e. The van der Waals surface area contributed by atoms with Gasteiger partial charge in [-0.1, -0.05) is 48.5 Å². The van der Waals surface area contributed by atoms with Gasteiger partial charge in [0.25, 0.3) is 5.91 Å². The third kappa shape index (κ3) is 4.22. The Bertz CT molecular complexity index is 1310. The lowest BCUT2D eigenvalue weighted by atomic mass is 10.1. The van der Waals surface area contributed by atoms with Gasteiger partial charge in [-0.05, 0) is 24.6 Å². The Balaban J connectivity index is 1.36. The van der Waals surface area contributed by atoms with Gasteiger partial charge >= 0.3 is 5.91 Å². The van der Waals surface area contributed by atoms with Crippen LogP contribution in [0.2, 0.25) is 0 Å². The SMILES string of the molecule is Cc1c(C(=O)NNC(=O)c2cc(-c3ccccc3)c(N3CCOCC3)s2)oc2ccccc12. The molecule has 1 aliphatic heterocycles. The lowest BCUT2D eigenvalue weighted by Crippen LogP contribution is -2.41. The number of nitrogens with one attached hydrogen (secondary N) is 2. The minimum Gasteiger partial charge on any atom is -0.451 e. The van der Waals surface area contributed by atoms with Crippen molar-refractivity contribution in [3.8, 4) is 11.1 Å². The fraction of sp³-hybridized carbons (Fsp3) is 0.200. The topological polar surface area (TPSA) is 83.8 Å². The van der Waals surface area contributed by atoms with E-state index in [4.69, 9.17) is 9.15 Å². The number of rotatable bonds is 4. The number of hydrogen-bond donors (Lipinski definition) is 2. The number of thiophene rings is 1. The van der Waals surface area contributed by atoms with E-state index in [0.29, 0.717) is 23.7 Å². The second-order valence-corrected chi connectivity index (χ2v) is 8.79. The maximum atomic E-state index is 12.9. The Morgan fingerprint density at radius 3 is 2.39 bits per heavy atom. The molecule has 7 nitrogen and oxygen atoms in total. The molecule has 1 fully saturated rings. The molecule has 2 amide bonds. The molecular formula is C25H23N3O4S. The normalized spacial score (nSPS) is 13.8. The average Bonchev–Trinajstić information content (AvgIpc) is 3.46. The van der Waals surface area contributed by atoms with E-state index in [1.54, 1.807) is 0 Å². The van der Waals surface area contributed by atoms with Gasteiger partial charge < -0.3 is 14.1 Å². The number of nitrogens with zero attached hydrogens (tertiary/aromatic N) is 1. The molecular weight excluding hydrogens is 438 g/mol. The van der Waals surface area contributed by atoms with Crippen molar-refractivity contribution < 1.29 is 18.7 Å². The summed E-state index contributed by atoms with van der Waals surface area (Å²) in [5.74, 6) is -0.689. The van der Waals surface area contributed by atoms with Crippen LogP contribution in [0, 0.1) is 6.92 Å². The van der Waals surface area contributed by atoms with Gasteiger partial charge in [0, 0.05) is 29.6 Å². The van der Waals surface area contributed by atoms with E-state index in [1.165, 1.54) is 11.3 Å². The summed E-state index contributed by atoms with van der Waals surface area (Å²) in [6, 6.07) is 19.3. The Hall–Kier alpha value is -3.62. The zero-order valence-corrected chi connectivity index (χ0v) is 18.9. The number of furan rings is 1. The molecule has 4 aromatic rings. The van der Waals surface area contributed by atoms with Gasteiger partial charge in [0.1, 0.15) is 5.58 Å². The van der Waals surface area contributed by atoms with Crippen molar-refractivity contribution in [2.45, 2.75) is 6.92 Å². The molecule has 2 aromatic heterocycles. The number of carbonyl (C=O) groups is 2. The second-order valence-electron chi connectivity index (χ2n) is 7.76. The molecule has 0 spiro atoms. The summed E-state index contributed by atoms with van der Waals surface area (Å²) in [6.07, 6.45) is 0. The molecule has 0 bridgehead atoms. The molecule has 5 rings (SSSR count). The lowest BCUT2D eigenvalue weighted by Gasteiger charge is -2.28. The predicted molar refractivity (Wildman–Crippen MR) is 129 cm³/mol. The van der Waals surface area contributed by atoms with Crippen molar-refractivity contribution >= 4 is 39.1 Å². The molecule has 2 N–H and O–H groups in total. The van der Waals surface area contributed by atoms with E-state index in [9.17, 15) is 9.59 Å². The van der Waals surface area contributed by atoms with Crippen LogP contribution in [-0.2, 0) is 4.74 Å². The Morgan fingerprint density at radius 1 is 0.939 bits per heavy atom. The number of morpholine rings is 1. The molecule has 0 radical (unpaired) electrons. The van der Waals surface area contributed by atoms with E-state index in [0.717, 1.165) is 40.2 Å². The van der Waals surface area contributed by atoms with Crippen LogP contribution in [0.15, 0.2) is 65.1 Å². The summed E-state index contributed by atoms with van der Waals surface area (Å²) in [4.78, 5) is 28.4. The van der Waals surface area contributed by atoms with Gasteiger partial charge in [-0.15, -0.1) is 11.3 Å². The van der Waals surface area contributed by atoms with Crippen LogP contribution in [0.25, 0.3) is 22.1 Å². The van der Waals surface area contributed by atoms with Crippen LogP contribution in [0.3, 0.4) is 0 Å². The first-order chi connectivity index (χ1) is 16.1. The van der Waals surface area contributed by atoms with Gasteiger partial charge in [-0.3, -0.25) is 20.4 Å². The number of benzene rings is 2. The standard InChI is InChI=1S/C25H23N3O4S/c1-16-18-9-5-6-10-20(18)32-22(16)24(30)27-26-23(29)21-15-19(17-7-3-2-4-8-17)25(33-21)28-11-13-31-14-12-28/h2-10,15H,11-14H2,1H3,(H,26,29)(H,27,30). The highest BCUT2D eigenvalue weighted by atomic mass is 32.1. The van der Waals surface area contributed by atoms with Gasteiger partial charge in [0.2, 0.25) is 0 Å². The van der Waals surface area contributed by atoms with Crippen molar-refractivity contribution in [1.29, 1.82) is 0 Å². The van der Waals surface area contributed by atoms with Crippen molar-refractivity contribution in [3.63, 3.8) is 0 Å². The molecule has 33 heavy (non-hydrogen) atoms. The van der Waals surface area contributed by atoms with Crippen LogP contribution >= 0.6 is 11.3 Å². The first kappa shape index (κ1) is 21.2. The molecule has 0 atom stereocenters. The van der Waals surface area contributed by atoms with Gasteiger partial charge in [0.15, 0.2) is 5.76 Å². The van der Waals surface area contributed by atoms with E-state index in [2.05, 4.69) is 15.8 Å². The molecule has 0 saturated carbocycles. The van der Waals surface area contributed by atoms with E-state index in [-0.39, 0.29) is 11.7 Å². The molecule has 168 valence electrons. The first-order valence-corrected chi connectivity index (χ1v) is 11.5. The highest BCUT2D eigenvalue weighted by molar-refractivity contribution is 7.18. The van der Waals surface area contributed by atoms with Crippen molar-refractivity contribution in [2.24, 2.45) is 0 Å². The van der Waals surface area contributed by atoms with Crippen LogP contribution in [0.5, 0.6) is 0 Å². The van der Waals surface area contributed by atoms with Crippen LogP contribution in [-0.4, -0.2) is 38.1 Å². The number of hydrogen-bond acceptors (Lipinski definition) is 6. The Kier molecular flexibility index (Phi) is 5.85. The predicted octanol–water partition coefficient (Wildman–Crippen LogP) is 4.38. The third-order valence-corrected chi connectivity index (χ3v) is 6.85. The van der Waals surface area contributed by atoms with Crippen LogP contribution in [0.4, 0.5) is 5.00 Å². The minimum atomic E-state index is -0.495. The average molecular weight is 462 g/mol. The maximum absolute atomic E-state index is 12.9. The number of amides is 2. The first-order valence-electron chi connectivity index (χ1n) is 10.7. The van der Waals surface area contributed by atoms with Gasteiger partial charge in [-0.25, -0.2) is 0 Å². The number of aryl methyl sites for hydroxylation is 1. The second kappa shape index (κ2) is 9.09. The highest BCUT2D eigenvalue weighted by Gasteiger charge is 2.23. The molecule has 0 unspecified atom stereocenters. The minimum absolute atomic E-state index is 0.182. The number of hydrazine groups is 1. The number of ether oxygens (including phenoxy) is 1. The Morgan fingerprint density at radius 2 is 1.64 bits per heavy atom. The molecule has 2 aromatic carbocycles. The molecule has 0 aliphatic carbocycles. The summed E-state index contributed by atoms with van der Waals surface area (Å²) in [5.41, 5.74) is 8.41. The fourth-order valence-corrected chi connectivity index (χ4v) is 5.07. The summed E-state index contributed by atoms with van der Waals surface area (Å²) < 4.78 is 11.2. The molecule has 1 saturated heterocycles. The maximum Gasteiger partial charge on any atom is 0.305 e. The van der Waals surface area contributed by atoms with E-state index >= 15 is 0 Å². The van der Waals surface area contributed by atoms with Crippen LogP contribution < -0.4 is 15.8 Å². The van der Waals surface area contributed by atoms with Gasteiger partial charge in [-0.2, -0.15) is 0 Å². The number of fused-ring (bicyclic) bond motifs is 1. The fourth-order valence-electron chi connectivity index (χ4n) is 3.94. The Labute approximate surface area is 194 Å². The summed E-state index contributed by atoms with van der Waals surface area (Å²) in [6.45, 7) is 4.66. The summed E-state index contributed by atoms with van der Waals surface area (Å²) in [7, 11) is 0. The summed E-state index contributed by atoms with van der Waals surface area (Å²) >= 11 is 1.41. The molecule has 3 heterocycles. The van der Waals surface area contributed by atoms with E-state index in [1.807, 2.05) is 67.6 Å². The highest BCUT2D eigenvalue weighted by Crippen LogP contribution is 2.39. The number of para-hydroxylation sites is 1. The zero-order chi connectivity index (χ0) is 22.8. The number of anilines is 1. The van der Waals surface area contributed by atoms with Crippen molar-refractivity contribution in [2.75, 3.05) is 31.2 Å². The molecule has 8 heteroatoms. The summed E-state index contributed by atoms with van der Waals surface area (Å²) in [5, 5.41) is 1.89. The smallest absolute Gasteiger partial charge is 0.305 e. The third-order valence-electron chi connectivity index (χ3n) is 5.66. The van der Waals surface area contributed by atoms with Crippen molar-refractivity contribution in [1.82, 2.24) is 10.9 Å². The monoisotopic (exact) mass is 461 g/mol. The van der Waals surface area contributed by atoms with E-state index < -0.39 is 5.91 Å². The zero-order valence-electron chi connectivity index (χ0n) is 18.1. The van der Waals surface area contributed by atoms with Crippen LogP contribution in [0.1, 0.15) is 25.8 Å². The number of carbonyl (C=O) groups excluding carboxylic acids is 2. The lowest BCUT2D eigenvalue weighted by molar-refractivity contribution is 0.0833. The quantitative estimate of drug-likeness (QED) is 0.441. The van der Waals surface area contributed by atoms with Crippen molar-refractivity contribution in [3.05, 3.63) is 76.9 Å². The molecule has 1 aliphatic rings.